The number of hydrogen-bond donors (Lipinski definition) is 4. The summed E-state index contributed by atoms with van der Waals surface area (Å²) in [5.74, 6) is 0. The second kappa shape index (κ2) is 4.32. The lowest BCUT2D eigenvalue weighted by molar-refractivity contribution is -0.0355. The maximum absolute atomic E-state index is 11.7. The molecule has 8 nitrogen and oxygen atoms in total. The normalized spacial score (nSPS) is 26.4. The maximum atomic E-state index is 11.7. The Morgan fingerprint density at radius 1 is 1.61 bits per heavy atom. The lowest BCUT2D eigenvalue weighted by atomic mass is 10.0. The van der Waals surface area contributed by atoms with Gasteiger partial charge in [0, 0.05) is 18.2 Å². The van der Waals surface area contributed by atoms with Crippen molar-refractivity contribution in [2.75, 3.05) is 6.61 Å². The molecule has 0 aliphatic carbocycles. The lowest BCUT2D eigenvalue weighted by Crippen LogP contribution is -2.57. The van der Waals surface area contributed by atoms with E-state index in [2.05, 4.69) is 4.98 Å². The molecule has 0 spiro atoms. The van der Waals surface area contributed by atoms with Crippen LogP contribution >= 0.6 is 0 Å². The molecule has 1 aliphatic rings. The molecule has 0 bridgehead atoms. The SMILES string of the molecule is Cc1cn([C@H]2CC(N)(N)[C@@H](CO)O2)c(=O)[nH]c1=O. The number of rotatable bonds is 2. The molecule has 1 fully saturated rings. The number of aromatic amines is 1. The van der Waals surface area contributed by atoms with Crippen LogP contribution in [0.2, 0.25) is 0 Å². The van der Waals surface area contributed by atoms with Gasteiger partial charge in [0.05, 0.1) is 12.3 Å². The Labute approximate surface area is 102 Å². The van der Waals surface area contributed by atoms with Crippen LogP contribution in [0.15, 0.2) is 15.8 Å². The summed E-state index contributed by atoms with van der Waals surface area (Å²) in [7, 11) is 0. The van der Waals surface area contributed by atoms with E-state index in [1.807, 2.05) is 0 Å². The fourth-order valence-corrected chi connectivity index (χ4v) is 1.98. The number of aromatic nitrogens is 2. The van der Waals surface area contributed by atoms with E-state index in [4.69, 9.17) is 21.3 Å². The van der Waals surface area contributed by atoms with Crippen molar-refractivity contribution >= 4 is 0 Å². The number of nitrogens with zero attached hydrogens (tertiary/aromatic N) is 1. The summed E-state index contributed by atoms with van der Waals surface area (Å²) >= 11 is 0. The Hall–Kier alpha value is -1.48. The van der Waals surface area contributed by atoms with Gasteiger partial charge in [-0.1, -0.05) is 0 Å². The zero-order valence-electron chi connectivity index (χ0n) is 9.92. The predicted octanol–water partition coefficient (Wildman–Crippen LogP) is -2.26. The van der Waals surface area contributed by atoms with E-state index >= 15 is 0 Å². The van der Waals surface area contributed by atoms with Gasteiger partial charge in [0.1, 0.15) is 12.3 Å². The van der Waals surface area contributed by atoms with E-state index < -0.39 is 29.2 Å². The van der Waals surface area contributed by atoms with Crippen molar-refractivity contribution < 1.29 is 9.84 Å². The third-order valence-corrected chi connectivity index (χ3v) is 3.07. The Balaban J connectivity index is 2.38. The fraction of sp³-hybridized carbons (Fsp3) is 0.600. The van der Waals surface area contributed by atoms with Crippen molar-refractivity contribution in [3.63, 3.8) is 0 Å². The highest BCUT2D eigenvalue weighted by molar-refractivity contribution is 5.03. The summed E-state index contributed by atoms with van der Waals surface area (Å²) in [4.78, 5) is 25.1. The molecule has 0 saturated carbocycles. The monoisotopic (exact) mass is 256 g/mol. The third-order valence-electron chi connectivity index (χ3n) is 3.07. The minimum Gasteiger partial charge on any atom is -0.394 e. The van der Waals surface area contributed by atoms with Crippen LogP contribution in [-0.2, 0) is 4.74 Å². The van der Waals surface area contributed by atoms with Gasteiger partial charge in [-0.15, -0.1) is 0 Å². The molecule has 0 radical (unpaired) electrons. The third kappa shape index (κ3) is 2.10. The van der Waals surface area contributed by atoms with Crippen molar-refractivity contribution in [3.05, 3.63) is 32.6 Å². The standard InChI is InChI=1S/C10H16N4O4/c1-5-3-14(9(17)13-8(5)16)7-2-10(11,12)6(4-15)18-7/h3,6-7,15H,2,4,11-12H2,1H3,(H,13,16,17)/t6-,7-/m1/s1. The highest BCUT2D eigenvalue weighted by atomic mass is 16.5. The van der Waals surface area contributed by atoms with Crippen LogP contribution in [-0.4, -0.2) is 33.0 Å². The minimum atomic E-state index is -1.21. The first-order valence-corrected chi connectivity index (χ1v) is 5.51. The molecule has 1 aliphatic heterocycles. The van der Waals surface area contributed by atoms with Crippen LogP contribution in [0.25, 0.3) is 0 Å². The molecule has 0 amide bonds. The number of ether oxygens (including phenoxy) is 1. The number of nitrogens with one attached hydrogen (secondary N) is 1. The van der Waals surface area contributed by atoms with Crippen molar-refractivity contribution in [2.45, 2.75) is 31.3 Å². The molecule has 2 heterocycles. The lowest BCUT2D eigenvalue weighted by Gasteiger charge is -2.22. The number of aryl methyl sites for hydroxylation is 1. The van der Waals surface area contributed by atoms with Crippen molar-refractivity contribution in [1.82, 2.24) is 9.55 Å². The quantitative estimate of drug-likeness (QED) is 0.441. The van der Waals surface area contributed by atoms with E-state index in [0.717, 1.165) is 0 Å². The molecular formula is C10H16N4O4. The Kier molecular flexibility index (Phi) is 3.11. The van der Waals surface area contributed by atoms with Gasteiger partial charge < -0.3 is 21.3 Å². The van der Waals surface area contributed by atoms with E-state index in [1.54, 1.807) is 6.92 Å². The molecule has 8 heteroatoms. The van der Waals surface area contributed by atoms with E-state index in [9.17, 15) is 9.59 Å². The Morgan fingerprint density at radius 3 is 2.83 bits per heavy atom. The highest BCUT2D eigenvalue weighted by Crippen LogP contribution is 2.30. The van der Waals surface area contributed by atoms with Gasteiger partial charge in [0.2, 0.25) is 0 Å². The molecule has 2 atom stereocenters. The molecule has 0 aromatic carbocycles. The van der Waals surface area contributed by atoms with Gasteiger partial charge in [-0.25, -0.2) is 4.79 Å². The van der Waals surface area contributed by atoms with E-state index in [-0.39, 0.29) is 13.0 Å². The second-order valence-corrected chi connectivity index (χ2v) is 4.56. The van der Waals surface area contributed by atoms with Gasteiger partial charge in [-0.2, -0.15) is 0 Å². The first-order valence-electron chi connectivity index (χ1n) is 5.51. The molecule has 100 valence electrons. The summed E-state index contributed by atoms with van der Waals surface area (Å²) in [6.45, 7) is 1.24. The average Bonchev–Trinajstić information content (AvgIpc) is 2.58. The largest absolute Gasteiger partial charge is 0.394 e. The van der Waals surface area contributed by atoms with Gasteiger partial charge in [0.25, 0.3) is 5.56 Å². The number of aliphatic hydroxyl groups is 1. The smallest absolute Gasteiger partial charge is 0.330 e. The van der Waals surface area contributed by atoms with Crippen LogP contribution in [0.4, 0.5) is 0 Å². The van der Waals surface area contributed by atoms with Gasteiger partial charge in [-0.05, 0) is 6.92 Å². The predicted molar refractivity (Wildman–Crippen MR) is 62.8 cm³/mol. The van der Waals surface area contributed by atoms with Gasteiger partial charge >= 0.3 is 5.69 Å². The second-order valence-electron chi connectivity index (χ2n) is 4.56. The zero-order valence-corrected chi connectivity index (χ0v) is 9.92. The summed E-state index contributed by atoms with van der Waals surface area (Å²) in [6.07, 6.45) is 0.118. The van der Waals surface area contributed by atoms with Crippen LogP contribution < -0.4 is 22.7 Å². The van der Waals surface area contributed by atoms with E-state index in [0.29, 0.717) is 5.56 Å². The van der Waals surface area contributed by atoms with E-state index in [1.165, 1.54) is 10.8 Å². The molecule has 1 aromatic heterocycles. The topological polar surface area (TPSA) is 136 Å². The number of nitrogens with two attached hydrogens (primary N) is 2. The molecule has 6 N–H and O–H groups in total. The molecular weight excluding hydrogens is 240 g/mol. The molecule has 2 rings (SSSR count). The van der Waals surface area contributed by atoms with Crippen molar-refractivity contribution in [3.8, 4) is 0 Å². The van der Waals surface area contributed by atoms with Crippen molar-refractivity contribution in [1.29, 1.82) is 0 Å². The zero-order chi connectivity index (χ0) is 13.5. The minimum absolute atomic E-state index is 0.170. The van der Waals surface area contributed by atoms with Crippen LogP contribution in [0.3, 0.4) is 0 Å². The average molecular weight is 256 g/mol. The first kappa shape index (κ1) is 13.0. The highest BCUT2D eigenvalue weighted by Gasteiger charge is 2.43. The summed E-state index contributed by atoms with van der Waals surface area (Å²) in [6, 6.07) is 0. The summed E-state index contributed by atoms with van der Waals surface area (Å²) in [5, 5.41) is 9.10. The van der Waals surface area contributed by atoms with Gasteiger partial charge in [0.15, 0.2) is 0 Å². The maximum Gasteiger partial charge on any atom is 0.330 e. The fourth-order valence-electron chi connectivity index (χ4n) is 1.98. The number of hydrogen-bond acceptors (Lipinski definition) is 6. The summed E-state index contributed by atoms with van der Waals surface area (Å²) < 4.78 is 6.65. The van der Waals surface area contributed by atoms with Crippen LogP contribution in [0, 0.1) is 6.92 Å². The van der Waals surface area contributed by atoms with Crippen molar-refractivity contribution in [2.24, 2.45) is 11.5 Å². The summed E-state index contributed by atoms with van der Waals surface area (Å²) in [5.41, 5.74) is 9.70. The van der Waals surface area contributed by atoms with Gasteiger partial charge in [-0.3, -0.25) is 14.3 Å². The molecule has 18 heavy (non-hydrogen) atoms. The van der Waals surface area contributed by atoms with Crippen LogP contribution in [0.1, 0.15) is 18.2 Å². The molecule has 1 aromatic rings. The molecule has 0 unspecified atom stereocenters. The Morgan fingerprint density at radius 2 is 2.28 bits per heavy atom. The molecule has 1 saturated heterocycles. The Bertz CT molecular complexity index is 562. The number of H-pyrrole nitrogens is 1. The first-order chi connectivity index (χ1) is 8.35. The number of aliphatic hydroxyl groups excluding tert-OH is 1. The van der Waals surface area contributed by atoms with Crippen LogP contribution in [0.5, 0.6) is 0 Å².